The van der Waals surface area contributed by atoms with Crippen LogP contribution in [0.15, 0.2) is 60.7 Å². The lowest BCUT2D eigenvalue weighted by Crippen LogP contribution is -2.42. The number of para-hydroxylation sites is 1. The molecule has 7 nitrogen and oxygen atoms in total. The van der Waals surface area contributed by atoms with Gasteiger partial charge in [-0.15, -0.1) is 0 Å². The van der Waals surface area contributed by atoms with Gasteiger partial charge in [0.1, 0.15) is 6.17 Å². The molecule has 0 spiro atoms. The van der Waals surface area contributed by atoms with Gasteiger partial charge in [-0.2, -0.15) is 0 Å². The fourth-order valence-electron chi connectivity index (χ4n) is 4.09. The van der Waals surface area contributed by atoms with E-state index in [1.165, 1.54) is 0 Å². The number of nitrogens with zero attached hydrogens (tertiary/aromatic N) is 1. The standard InChI is InChI=1S/C25H24N2O5/c1-3-30-23-13-17(9-11-20(23)29-2)24-26-19-7-5-4-6-18(19)25(28)27(24)14-16-8-10-21-22(12-16)32-15-31-21/h4-13,24,26H,3,14-15H2,1-2H3/t24-/m0/s1. The van der Waals surface area contributed by atoms with Crippen LogP contribution in [0, 0.1) is 0 Å². The van der Waals surface area contributed by atoms with E-state index < -0.39 is 0 Å². The Morgan fingerprint density at radius 1 is 1.03 bits per heavy atom. The summed E-state index contributed by atoms with van der Waals surface area (Å²) in [6.45, 7) is 3.06. The molecular weight excluding hydrogens is 408 g/mol. The number of carbonyl (C=O) groups excluding carboxylic acids is 1. The molecule has 32 heavy (non-hydrogen) atoms. The Hall–Kier alpha value is -3.87. The Labute approximate surface area is 186 Å². The van der Waals surface area contributed by atoms with Gasteiger partial charge < -0.3 is 29.2 Å². The Kier molecular flexibility index (Phi) is 5.23. The number of hydrogen-bond acceptors (Lipinski definition) is 6. The Morgan fingerprint density at radius 2 is 1.88 bits per heavy atom. The summed E-state index contributed by atoms with van der Waals surface area (Å²) in [5, 5.41) is 3.53. The monoisotopic (exact) mass is 432 g/mol. The van der Waals surface area contributed by atoms with Gasteiger partial charge >= 0.3 is 0 Å². The van der Waals surface area contributed by atoms with Crippen LogP contribution < -0.4 is 24.3 Å². The quantitative estimate of drug-likeness (QED) is 0.615. The van der Waals surface area contributed by atoms with E-state index in [1.54, 1.807) is 7.11 Å². The number of amides is 1. The van der Waals surface area contributed by atoms with E-state index in [0.29, 0.717) is 36.0 Å². The number of fused-ring (bicyclic) bond motifs is 2. The molecule has 0 aromatic heterocycles. The molecule has 0 saturated heterocycles. The van der Waals surface area contributed by atoms with E-state index in [4.69, 9.17) is 18.9 Å². The number of ether oxygens (including phenoxy) is 4. The zero-order valence-corrected chi connectivity index (χ0v) is 18.0. The maximum absolute atomic E-state index is 13.5. The topological polar surface area (TPSA) is 69.3 Å². The van der Waals surface area contributed by atoms with Crippen molar-refractivity contribution in [2.24, 2.45) is 0 Å². The number of nitrogens with one attached hydrogen (secondary N) is 1. The van der Waals surface area contributed by atoms with Crippen molar-refractivity contribution >= 4 is 11.6 Å². The molecule has 0 fully saturated rings. The molecule has 0 bridgehead atoms. The lowest BCUT2D eigenvalue weighted by molar-refractivity contribution is 0.0666. The maximum atomic E-state index is 13.5. The zero-order valence-electron chi connectivity index (χ0n) is 18.0. The fourth-order valence-corrected chi connectivity index (χ4v) is 4.09. The summed E-state index contributed by atoms with van der Waals surface area (Å²) < 4.78 is 22.1. The Bertz CT molecular complexity index is 1160. The van der Waals surface area contributed by atoms with E-state index in [1.807, 2.05) is 72.5 Å². The van der Waals surface area contributed by atoms with E-state index in [2.05, 4.69) is 5.32 Å². The predicted molar refractivity (Wildman–Crippen MR) is 119 cm³/mol. The smallest absolute Gasteiger partial charge is 0.258 e. The Balaban J connectivity index is 1.54. The molecule has 1 N–H and O–H groups in total. The van der Waals surface area contributed by atoms with Crippen LogP contribution in [0.1, 0.15) is 34.6 Å². The minimum Gasteiger partial charge on any atom is -0.493 e. The van der Waals surface area contributed by atoms with Gasteiger partial charge in [0.15, 0.2) is 23.0 Å². The van der Waals surface area contributed by atoms with E-state index in [9.17, 15) is 4.79 Å². The van der Waals surface area contributed by atoms with Crippen LogP contribution in [0.2, 0.25) is 0 Å². The molecule has 2 aliphatic rings. The molecule has 0 aliphatic carbocycles. The third-order valence-corrected chi connectivity index (χ3v) is 5.62. The predicted octanol–water partition coefficient (Wildman–Crippen LogP) is 4.59. The second-order valence-electron chi connectivity index (χ2n) is 7.56. The van der Waals surface area contributed by atoms with Crippen LogP contribution in [0.5, 0.6) is 23.0 Å². The van der Waals surface area contributed by atoms with Crippen LogP contribution in [0.3, 0.4) is 0 Å². The van der Waals surface area contributed by atoms with Crippen molar-refractivity contribution in [3.05, 3.63) is 77.4 Å². The zero-order chi connectivity index (χ0) is 22.1. The fraction of sp³-hybridized carbons (Fsp3) is 0.240. The summed E-state index contributed by atoms with van der Waals surface area (Å²) in [4.78, 5) is 15.4. The molecule has 0 saturated carbocycles. The largest absolute Gasteiger partial charge is 0.493 e. The molecule has 0 radical (unpaired) electrons. The highest BCUT2D eigenvalue weighted by atomic mass is 16.7. The minimum atomic E-state index is -0.382. The van der Waals surface area contributed by atoms with Crippen LogP contribution in [-0.2, 0) is 6.54 Å². The van der Waals surface area contributed by atoms with Gasteiger partial charge in [-0.05, 0) is 54.4 Å². The molecule has 164 valence electrons. The van der Waals surface area contributed by atoms with Gasteiger partial charge in [-0.1, -0.05) is 24.3 Å². The average molecular weight is 432 g/mol. The molecule has 2 aliphatic heterocycles. The molecule has 0 unspecified atom stereocenters. The van der Waals surface area contributed by atoms with Gasteiger partial charge in [0, 0.05) is 12.2 Å². The van der Waals surface area contributed by atoms with E-state index in [-0.39, 0.29) is 18.9 Å². The first-order chi connectivity index (χ1) is 15.7. The second-order valence-corrected chi connectivity index (χ2v) is 7.56. The van der Waals surface area contributed by atoms with Crippen molar-refractivity contribution in [1.29, 1.82) is 0 Å². The van der Waals surface area contributed by atoms with Crippen molar-refractivity contribution in [3.63, 3.8) is 0 Å². The summed E-state index contributed by atoms with van der Waals surface area (Å²) in [5.41, 5.74) is 3.30. The Morgan fingerprint density at radius 3 is 2.72 bits per heavy atom. The molecule has 1 amide bonds. The van der Waals surface area contributed by atoms with Crippen molar-refractivity contribution < 1.29 is 23.7 Å². The SMILES string of the molecule is CCOc1cc([C@H]2Nc3ccccc3C(=O)N2Cc2ccc3c(c2)OCO3)ccc1OC. The van der Waals surface area contributed by atoms with Gasteiger partial charge in [0.2, 0.25) is 6.79 Å². The average Bonchev–Trinajstić information content (AvgIpc) is 3.29. The van der Waals surface area contributed by atoms with E-state index in [0.717, 1.165) is 22.6 Å². The second kappa shape index (κ2) is 8.34. The highest BCUT2D eigenvalue weighted by molar-refractivity contribution is 6.01. The van der Waals surface area contributed by atoms with Gasteiger partial charge in [-0.25, -0.2) is 0 Å². The highest BCUT2D eigenvalue weighted by Gasteiger charge is 2.33. The third-order valence-electron chi connectivity index (χ3n) is 5.62. The minimum absolute atomic E-state index is 0.0456. The molecule has 2 heterocycles. The number of anilines is 1. The van der Waals surface area contributed by atoms with Crippen molar-refractivity contribution in [3.8, 4) is 23.0 Å². The van der Waals surface area contributed by atoms with Crippen LogP contribution in [0.25, 0.3) is 0 Å². The maximum Gasteiger partial charge on any atom is 0.258 e. The molecular formula is C25H24N2O5. The normalized spacial score (nSPS) is 16.4. The van der Waals surface area contributed by atoms with Crippen molar-refractivity contribution in [1.82, 2.24) is 4.90 Å². The highest BCUT2D eigenvalue weighted by Crippen LogP contribution is 2.39. The molecule has 1 atom stereocenters. The van der Waals surface area contributed by atoms with E-state index >= 15 is 0 Å². The number of benzene rings is 3. The molecule has 7 heteroatoms. The van der Waals surface area contributed by atoms with Gasteiger partial charge in [0.05, 0.1) is 19.3 Å². The molecule has 3 aromatic rings. The van der Waals surface area contributed by atoms with Crippen LogP contribution in [0.4, 0.5) is 5.69 Å². The first-order valence-corrected chi connectivity index (χ1v) is 10.5. The molecule has 5 rings (SSSR count). The number of carbonyl (C=O) groups is 1. The summed E-state index contributed by atoms with van der Waals surface area (Å²) >= 11 is 0. The molecule has 3 aromatic carbocycles. The lowest BCUT2D eigenvalue weighted by Gasteiger charge is -2.38. The lowest BCUT2D eigenvalue weighted by atomic mass is 10.0. The van der Waals surface area contributed by atoms with Crippen molar-refractivity contribution in [2.75, 3.05) is 25.8 Å². The van der Waals surface area contributed by atoms with Gasteiger partial charge in [0.25, 0.3) is 5.91 Å². The third kappa shape index (κ3) is 3.56. The summed E-state index contributed by atoms with van der Waals surface area (Å²) in [7, 11) is 1.61. The number of methoxy groups -OCH3 is 1. The van der Waals surface area contributed by atoms with Crippen LogP contribution in [-0.4, -0.2) is 31.3 Å². The summed E-state index contributed by atoms with van der Waals surface area (Å²) in [6.07, 6.45) is -0.382. The van der Waals surface area contributed by atoms with Crippen LogP contribution >= 0.6 is 0 Å². The van der Waals surface area contributed by atoms with Gasteiger partial charge in [-0.3, -0.25) is 4.79 Å². The first kappa shape index (κ1) is 20.1. The first-order valence-electron chi connectivity index (χ1n) is 10.5. The van der Waals surface area contributed by atoms with Crippen molar-refractivity contribution in [2.45, 2.75) is 19.6 Å². The summed E-state index contributed by atoms with van der Waals surface area (Å²) in [5.74, 6) is 2.66. The summed E-state index contributed by atoms with van der Waals surface area (Å²) in [6, 6.07) is 19.1. The number of rotatable bonds is 6. The number of hydrogen-bond donors (Lipinski definition) is 1.